The quantitative estimate of drug-likeness (QED) is 0.842. The van der Waals surface area contributed by atoms with E-state index in [2.05, 4.69) is 25.6 Å². The van der Waals surface area contributed by atoms with Gasteiger partial charge in [-0.25, -0.2) is 22.5 Å². The second-order valence-electron chi connectivity index (χ2n) is 4.41. The summed E-state index contributed by atoms with van der Waals surface area (Å²) in [6.07, 6.45) is 1.24. The molecule has 1 rings (SSSR count). The molecule has 1 aromatic rings. The summed E-state index contributed by atoms with van der Waals surface area (Å²) in [5.41, 5.74) is -0.252. The van der Waals surface area contributed by atoms with E-state index in [0.717, 1.165) is 6.07 Å². The normalized spacial score (nSPS) is 12.7. The molecule has 0 unspecified atom stereocenters. The van der Waals surface area contributed by atoms with Crippen LogP contribution in [-0.2, 0) is 10.0 Å². The summed E-state index contributed by atoms with van der Waals surface area (Å²) in [6.45, 7) is 3.98. The summed E-state index contributed by atoms with van der Waals surface area (Å²) < 4.78 is 39.2. The summed E-state index contributed by atoms with van der Waals surface area (Å²) in [5, 5.41) is 0.0677. The Kier molecular flexibility index (Phi) is 4.62. The third kappa shape index (κ3) is 4.01. The minimum Gasteiger partial charge on any atom is -0.241 e. The molecule has 0 saturated heterocycles. The fourth-order valence-electron chi connectivity index (χ4n) is 0.975. The molecule has 0 aliphatic heterocycles. The van der Waals surface area contributed by atoms with Crippen LogP contribution in [0.2, 0.25) is 0 Å². The van der Waals surface area contributed by atoms with Crippen LogP contribution < -0.4 is 4.72 Å². The molecule has 17 heavy (non-hydrogen) atoms. The van der Waals surface area contributed by atoms with Gasteiger partial charge >= 0.3 is 0 Å². The SMILES string of the molecule is CC(C)(CBr)CNS(=O)(=O)c1ncccc1F. The first-order valence-corrected chi connectivity index (χ1v) is 7.55. The van der Waals surface area contributed by atoms with Crippen molar-refractivity contribution < 1.29 is 12.8 Å². The monoisotopic (exact) mass is 324 g/mol. The number of hydrogen-bond acceptors (Lipinski definition) is 3. The first-order chi connectivity index (χ1) is 7.78. The van der Waals surface area contributed by atoms with Crippen LogP contribution in [-0.4, -0.2) is 25.3 Å². The Labute approximate surface area is 109 Å². The number of aromatic nitrogens is 1. The number of nitrogens with zero attached hydrogens (tertiary/aromatic N) is 1. The first kappa shape index (κ1) is 14.5. The molecule has 0 atom stereocenters. The molecule has 0 aliphatic carbocycles. The van der Waals surface area contributed by atoms with E-state index < -0.39 is 20.9 Å². The summed E-state index contributed by atoms with van der Waals surface area (Å²) in [6, 6.07) is 2.41. The molecule has 0 aromatic carbocycles. The van der Waals surface area contributed by atoms with Gasteiger partial charge in [0.1, 0.15) is 0 Å². The van der Waals surface area contributed by atoms with Crippen molar-refractivity contribution in [2.24, 2.45) is 5.41 Å². The minimum atomic E-state index is -3.89. The molecule has 0 spiro atoms. The maximum atomic E-state index is 13.3. The topological polar surface area (TPSA) is 59.1 Å². The van der Waals surface area contributed by atoms with E-state index in [4.69, 9.17) is 0 Å². The Bertz CT molecular complexity index is 491. The van der Waals surface area contributed by atoms with Crippen LogP contribution in [0.1, 0.15) is 13.8 Å². The van der Waals surface area contributed by atoms with E-state index in [-0.39, 0.29) is 12.0 Å². The van der Waals surface area contributed by atoms with E-state index in [0.29, 0.717) is 5.33 Å². The Balaban J connectivity index is 2.88. The van der Waals surface area contributed by atoms with E-state index in [1.807, 2.05) is 13.8 Å². The van der Waals surface area contributed by atoms with Gasteiger partial charge < -0.3 is 0 Å². The van der Waals surface area contributed by atoms with Crippen LogP contribution in [0.25, 0.3) is 0 Å². The molecule has 4 nitrogen and oxygen atoms in total. The lowest BCUT2D eigenvalue weighted by molar-refractivity contribution is 0.418. The highest BCUT2D eigenvalue weighted by atomic mass is 79.9. The smallest absolute Gasteiger partial charge is 0.241 e. The molecule has 0 radical (unpaired) electrons. The van der Waals surface area contributed by atoms with Crippen LogP contribution in [0.15, 0.2) is 23.4 Å². The molecule has 0 amide bonds. The van der Waals surface area contributed by atoms with Gasteiger partial charge in [0.15, 0.2) is 5.82 Å². The molecular weight excluding hydrogens is 311 g/mol. The van der Waals surface area contributed by atoms with E-state index in [1.165, 1.54) is 12.3 Å². The lowest BCUT2D eigenvalue weighted by Gasteiger charge is -2.21. The van der Waals surface area contributed by atoms with Crippen molar-refractivity contribution in [2.45, 2.75) is 18.9 Å². The average Bonchev–Trinajstić information content (AvgIpc) is 2.27. The van der Waals surface area contributed by atoms with Crippen LogP contribution in [0, 0.1) is 11.2 Å². The lowest BCUT2D eigenvalue weighted by atomic mass is 9.98. The highest BCUT2D eigenvalue weighted by Gasteiger charge is 2.24. The van der Waals surface area contributed by atoms with Crippen molar-refractivity contribution in [1.29, 1.82) is 0 Å². The Hall–Kier alpha value is -0.530. The third-order valence-electron chi connectivity index (χ3n) is 2.08. The summed E-state index contributed by atoms with van der Waals surface area (Å²) in [7, 11) is -3.89. The van der Waals surface area contributed by atoms with E-state index in [1.54, 1.807) is 0 Å². The maximum Gasteiger partial charge on any atom is 0.261 e. The largest absolute Gasteiger partial charge is 0.261 e. The van der Waals surface area contributed by atoms with Crippen LogP contribution in [0.5, 0.6) is 0 Å². The van der Waals surface area contributed by atoms with Gasteiger partial charge in [0.25, 0.3) is 10.0 Å². The van der Waals surface area contributed by atoms with Crippen molar-refractivity contribution in [3.05, 3.63) is 24.1 Å². The van der Waals surface area contributed by atoms with Gasteiger partial charge in [-0.2, -0.15) is 0 Å². The predicted octanol–water partition coefficient (Wildman–Crippen LogP) is 1.92. The second-order valence-corrected chi connectivity index (χ2v) is 6.66. The van der Waals surface area contributed by atoms with E-state index >= 15 is 0 Å². The first-order valence-electron chi connectivity index (χ1n) is 4.95. The van der Waals surface area contributed by atoms with Crippen molar-refractivity contribution in [3.8, 4) is 0 Å². The average molecular weight is 325 g/mol. The number of sulfonamides is 1. The Morgan fingerprint density at radius 2 is 2.18 bits per heavy atom. The van der Waals surface area contributed by atoms with Crippen molar-refractivity contribution in [1.82, 2.24) is 9.71 Å². The molecule has 0 aliphatic rings. The molecule has 96 valence electrons. The van der Waals surface area contributed by atoms with Gasteiger partial charge in [0.05, 0.1) is 0 Å². The fourth-order valence-corrected chi connectivity index (χ4v) is 2.42. The summed E-state index contributed by atoms with van der Waals surface area (Å²) >= 11 is 3.28. The number of pyridine rings is 1. The Morgan fingerprint density at radius 1 is 1.53 bits per heavy atom. The molecule has 1 N–H and O–H groups in total. The zero-order valence-corrected chi connectivity index (χ0v) is 12.0. The molecule has 0 saturated carbocycles. The lowest BCUT2D eigenvalue weighted by Crippen LogP contribution is -2.35. The van der Waals surface area contributed by atoms with Gasteiger partial charge in [-0.15, -0.1) is 0 Å². The molecule has 1 aromatic heterocycles. The van der Waals surface area contributed by atoms with Crippen molar-refractivity contribution in [3.63, 3.8) is 0 Å². The standard InChI is InChI=1S/C10H14BrFN2O2S/c1-10(2,6-11)7-14-17(15,16)9-8(12)4-3-5-13-9/h3-5,14H,6-7H2,1-2H3. The van der Waals surface area contributed by atoms with Gasteiger partial charge in [-0.3, -0.25) is 0 Å². The van der Waals surface area contributed by atoms with Crippen LogP contribution >= 0.6 is 15.9 Å². The zero-order valence-electron chi connectivity index (χ0n) is 9.57. The third-order valence-corrected chi connectivity index (χ3v) is 4.93. The van der Waals surface area contributed by atoms with E-state index in [9.17, 15) is 12.8 Å². The highest BCUT2D eigenvalue weighted by Crippen LogP contribution is 2.18. The van der Waals surface area contributed by atoms with Gasteiger partial charge in [-0.05, 0) is 17.5 Å². The number of halogens is 2. The number of alkyl halides is 1. The molecule has 0 fully saturated rings. The second kappa shape index (κ2) is 5.41. The molecule has 0 bridgehead atoms. The van der Waals surface area contributed by atoms with Crippen LogP contribution in [0.3, 0.4) is 0 Å². The van der Waals surface area contributed by atoms with Gasteiger partial charge in [0.2, 0.25) is 5.03 Å². The predicted molar refractivity (Wildman–Crippen MR) is 67.0 cm³/mol. The molecular formula is C10H14BrFN2O2S. The molecule has 7 heteroatoms. The Morgan fingerprint density at radius 3 is 2.71 bits per heavy atom. The fraction of sp³-hybridized carbons (Fsp3) is 0.500. The summed E-state index contributed by atoms with van der Waals surface area (Å²) in [4.78, 5) is 3.54. The van der Waals surface area contributed by atoms with Gasteiger partial charge in [-0.1, -0.05) is 29.8 Å². The highest BCUT2D eigenvalue weighted by molar-refractivity contribution is 9.09. The van der Waals surface area contributed by atoms with Gasteiger partial charge in [0, 0.05) is 18.1 Å². The number of rotatable bonds is 5. The number of hydrogen-bond donors (Lipinski definition) is 1. The zero-order chi connectivity index (χ0) is 13.1. The molecule has 1 heterocycles. The summed E-state index contributed by atoms with van der Waals surface area (Å²) in [5.74, 6) is -0.850. The van der Waals surface area contributed by atoms with Crippen molar-refractivity contribution >= 4 is 26.0 Å². The number of nitrogens with one attached hydrogen (secondary N) is 1. The van der Waals surface area contributed by atoms with Crippen molar-refractivity contribution in [2.75, 3.05) is 11.9 Å². The maximum absolute atomic E-state index is 13.3. The minimum absolute atomic E-state index is 0.205. The van der Waals surface area contributed by atoms with Crippen LogP contribution in [0.4, 0.5) is 4.39 Å².